The van der Waals surface area contributed by atoms with Gasteiger partial charge in [-0.3, -0.25) is 9.59 Å². The Hall–Kier alpha value is -2.96. The molecule has 1 spiro atoms. The van der Waals surface area contributed by atoms with Crippen LogP contribution >= 0.6 is 0 Å². The third kappa shape index (κ3) is 5.74. The molecule has 9 nitrogen and oxygen atoms in total. The highest BCUT2D eigenvalue weighted by Crippen LogP contribution is 2.62. The molecule has 4 aliphatic rings. The number of alkyl halides is 3. The number of esters is 3. The van der Waals surface area contributed by atoms with Gasteiger partial charge in [-0.15, -0.1) is 0 Å². The van der Waals surface area contributed by atoms with Crippen molar-refractivity contribution in [1.82, 2.24) is 0 Å². The van der Waals surface area contributed by atoms with Crippen LogP contribution in [0.25, 0.3) is 0 Å². The number of epoxide rings is 1. The van der Waals surface area contributed by atoms with E-state index in [-0.39, 0.29) is 42.9 Å². The molecule has 0 unspecified atom stereocenters. The molecule has 5 rings (SSSR count). The minimum absolute atomic E-state index is 0.00959. The fourth-order valence-corrected chi connectivity index (χ4v) is 8.33. The first-order valence-electron chi connectivity index (χ1n) is 15.7. The summed E-state index contributed by atoms with van der Waals surface area (Å²) < 4.78 is 79.4. The maximum Gasteiger partial charge on any atom is 0.432 e. The highest BCUT2D eigenvalue weighted by Gasteiger charge is 2.73. The molecule has 1 aliphatic carbocycles. The molecule has 0 N–H and O–H groups in total. The second-order valence-electron chi connectivity index (χ2n) is 13.6. The summed E-state index contributed by atoms with van der Waals surface area (Å²) in [5.74, 6) is -2.93. The van der Waals surface area contributed by atoms with Crippen molar-refractivity contribution < 1.29 is 56.0 Å². The number of halogens is 3. The Labute approximate surface area is 267 Å². The SMILES string of the molecule is C=C1C[C@H]2O[C@H]([C@H]3[C@@H]2[C@]2(CO2)[C@@H](OC(C)=O)C[C@@H]3C(C)C)[C@](C)(OC(C)=O)CC[C@@H]1OC(=O)[C@](OC)(c1ccccc1)C(F)(F)F. The van der Waals surface area contributed by atoms with Crippen molar-refractivity contribution in [2.24, 2.45) is 23.7 Å². The summed E-state index contributed by atoms with van der Waals surface area (Å²) in [4.78, 5) is 38.3. The van der Waals surface area contributed by atoms with Crippen molar-refractivity contribution in [3.8, 4) is 0 Å². The number of carbonyl (C=O) groups is 3. The van der Waals surface area contributed by atoms with Crippen LogP contribution in [0.3, 0.4) is 0 Å². The summed E-state index contributed by atoms with van der Waals surface area (Å²) in [6, 6.07) is 6.60. The number of methoxy groups -OCH3 is 1. The van der Waals surface area contributed by atoms with Crippen LogP contribution in [0.5, 0.6) is 0 Å². The van der Waals surface area contributed by atoms with Crippen molar-refractivity contribution in [3.63, 3.8) is 0 Å². The predicted molar refractivity (Wildman–Crippen MR) is 157 cm³/mol. The van der Waals surface area contributed by atoms with Gasteiger partial charge in [0.2, 0.25) is 0 Å². The molecule has 3 saturated heterocycles. The van der Waals surface area contributed by atoms with E-state index < -0.39 is 70.9 Å². The van der Waals surface area contributed by atoms with Crippen molar-refractivity contribution in [3.05, 3.63) is 48.0 Å². The summed E-state index contributed by atoms with van der Waals surface area (Å²) in [6.45, 7) is 13.1. The molecule has 3 aliphatic heterocycles. The molecular formula is C34H43F3O9. The van der Waals surface area contributed by atoms with Crippen LogP contribution in [0.1, 0.15) is 65.9 Å². The van der Waals surface area contributed by atoms with Gasteiger partial charge >= 0.3 is 24.1 Å². The van der Waals surface area contributed by atoms with Gasteiger partial charge in [0.15, 0.2) is 0 Å². The zero-order chi connectivity index (χ0) is 33.8. The number of hydrogen-bond acceptors (Lipinski definition) is 9. The minimum atomic E-state index is -5.16. The van der Waals surface area contributed by atoms with Gasteiger partial charge in [-0.2, -0.15) is 13.2 Å². The van der Waals surface area contributed by atoms with Gasteiger partial charge < -0.3 is 28.4 Å². The molecule has 1 saturated carbocycles. The molecule has 0 amide bonds. The Morgan fingerprint density at radius 1 is 1.07 bits per heavy atom. The maximum atomic E-state index is 14.7. The average molecular weight is 653 g/mol. The lowest BCUT2D eigenvalue weighted by molar-refractivity contribution is -0.278. The first-order valence-corrected chi connectivity index (χ1v) is 15.7. The van der Waals surface area contributed by atoms with E-state index in [0.717, 1.165) is 19.2 Å². The number of ether oxygens (including phenoxy) is 6. The molecule has 0 aromatic heterocycles. The van der Waals surface area contributed by atoms with E-state index in [1.54, 1.807) is 6.92 Å². The van der Waals surface area contributed by atoms with E-state index in [2.05, 4.69) is 20.4 Å². The summed E-state index contributed by atoms with van der Waals surface area (Å²) in [7, 11) is 0.813. The standard InChI is InChI=1S/C34H43F3O9/c1-18(2)23-16-26(43-20(4)38)32(17-42-32)28-25-15-19(3)24(13-14-31(6,46-21(5)39)29(44-25)27(23)28)45-30(40)33(41-7,34(35,36)37)22-11-9-8-10-12-22/h8-12,18,23-29H,3,13-17H2,1-2,4-7H3/t23-,24+,25-,26+,27-,28-,29-,31-,32+,33-/m1/s1. The fourth-order valence-electron chi connectivity index (χ4n) is 8.33. The van der Waals surface area contributed by atoms with E-state index >= 15 is 0 Å². The number of rotatable bonds is 7. The third-order valence-corrected chi connectivity index (χ3v) is 10.4. The highest BCUT2D eigenvalue weighted by molar-refractivity contribution is 5.83. The van der Waals surface area contributed by atoms with Crippen LogP contribution in [0.15, 0.2) is 42.5 Å². The number of hydrogen-bond donors (Lipinski definition) is 0. The van der Waals surface area contributed by atoms with Crippen LogP contribution < -0.4 is 0 Å². The Morgan fingerprint density at radius 2 is 1.72 bits per heavy atom. The molecule has 2 bridgehead atoms. The normalized spacial score (nSPS) is 36.9. The molecule has 0 radical (unpaired) electrons. The van der Waals surface area contributed by atoms with Crippen LogP contribution in [-0.4, -0.2) is 73.4 Å². The van der Waals surface area contributed by atoms with Crippen molar-refractivity contribution >= 4 is 17.9 Å². The van der Waals surface area contributed by atoms with E-state index in [0.29, 0.717) is 18.6 Å². The van der Waals surface area contributed by atoms with E-state index in [1.807, 2.05) is 0 Å². The van der Waals surface area contributed by atoms with Gasteiger partial charge in [0.25, 0.3) is 5.60 Å². The fraction of sp³-hybridized carbons (Fsp3) is 0.676. The minimum Gasteiger partial charge on any atom is -0.459 e. The van der Waals surface area contributed by atoms with Crippen molar-refractivity contribution in [1.29, 1.82) is 0 Å². The van der Waals surface area contributed by atoms with Gasteiger partial charge in [-0.1, -0.05) is 50.8 Å². The van der Waals surface area contributed by atoms with Crippen molar-refractivity contribution in [2.45, 2.75) is 108 Å². The third-order valence-electron chi connectivity index (χ3n) is 10.4. The Morgan fingerprint density at radius 3 is 2.24 bits per heavy atom. The molecule has 10 atom stereocenters. The van der Waals surface area contributed by atoms with Crippen molar-refractivity contribution in [2.75, 3.05) is 13.7 Å². The number of benzene rings is 1. The Kier molecular flexibility index (Phi) is 9.15. The first-order chi connectivity index (χ1) is 21.5. The number of fused-ring (bicyclic) bond motifs is 6. The van der Waals surface area contributed by atoms with Crippen LogP contribution in [-0.2, 0) is 48.4 Å². The molecule has 1 aromatic carbocycles. The lowest BCUT2D eigenvalue weighted by atomic mass is 9.57. The van der Waals surface area contributed by atoms with Gasteiger partial charge in [0.05, 0.1) is 12.7 Å². The molecule has 12 heteroatoms. The molecule has 254 valence electrons. The second kappa shape index (κ2) is 12.2. The van der Waals surface area contributed by atoms with Gasteiger partial charge in [0.1, 0.15) is 29.5 Å². The van der Waals surface area contributed by atoms with E-state index in [9.17, 15) is 27.6 Å². The molecule has 3 heterocycles. The second-order valence-corrected chi connectivity index (χ2v) is 13.6. The smallest absolute Gasteiger partial charge is 0.432 e. The monoisotopic (exact) mass is 652 g/mol. The lowest BCUT2D eigenvalue weighted by Crippen LogP contribution is -2.58. The van der Waals surface area contributed by atoms with Gasteiger partial charge in [-0.05, 0) is 50.0 Å². The maximum absolute atomic E-state index is 14.7. The molecule has 46 heavy (non-hydrogen) atoms. The van der Waals surface area contributed by atoms with Gasteiger partial charge in [-0.25, -0.2) is 4.79 Å². The van der Waals surface area contributed by atoms with Crippen LogP contribution in [0.2, 0.25) is 0 Å². The largest absolute Gasteiger partial charge is 0.459 e. The summed E-state index contributed by atoms with van der Waals surface area (Å²) in [6.07, 6.45) is -7.29. The zero-order valence-corrected chi connectivity index (χ0v) is 27.1. The average Bonchev–Trinajstić information content (AvgIpc) is 3.64. The topological polar surface area (TPSA) is 110 Å². The molecule has 4 fully saturated rings. The number of carbonyl (C=O) groups excluding carboxylic acids is 3. The summed E-state index contributed by atoms with van der Waals surface area (Å²) in [5, 5.41) is 0. The van der Waals surface area contributed by atoms with Gasteiger partial charge in [0, 0.05) is 38.4 Å². The molecule has 1 aromatic rings. The molecular weight excluding hydrogens is 609 g/mol. The van der Waals surface area contributed by atoms with Crippen LogP contribution in [0, 0.1) is 23.7 Å². The summed E-state index contributed by atoms with van der Waals surface area (Å²) in [5.41, 5.74) is -5.54. The Balaban J connectivity index is 1.54. The predicted octanol–water partition coefficient (Wildman–Crippen LogP) is 5.44. The zero-order valence-electron chi connectivity index (χ0n) is 27.1. The Bertz CT molecular complexity index is 1340. The first kappa shape index (κ1) is 34.4. The van der Waals surface area contributed by atoms with Crippen LogP contribution in [0.4, 0.5) is 13.2 Å². The highest BCUT2D eigenvalue weighted by atomic mass is 19.4. The van der Waals surface area contributed by atoms with E-state index in [4.69, 9.17) is 28.4 Å². The van der Waals surface area contributed by atoms with E-state index in [1.165, 1.54) is 32.0 Å². The quantitative estimate of drug-likeness (QED) is 0.165. The lowest BCUT2D eigenvalue weighted by Gasteiger charge is -2.48. The summed E-state index contributed by atoms with van der Waals surface area (Å²) >= 11 is 0.